The first-order valence-electron chi connectivity index (χ1n) is 4.11. The Balaban J connectivity index is 2.90. The minimum atomic E-state index is 1.18. The normalized spacial score (nSPS) is 10.4. The second-order valence-corrected chi connectivity index (χ2v) is 3.32. The maximum atomic E-state index is 3.25. The number of hydrogen-bond acceptors (Lipinski definition) is 2. The summed E-state index contributed by atoms with van der Waals surface area (Å²) in [5.74, 6) is 0. The molecule has 1 rings (SSSR count). The van der Waals surface area contributed by atoms with E-state index >= 15 is 0 Å². The number of anilines is 1. The van der Waals surface area contributed by atoms with Crippen molar-refractivity contribution in [2.75, 3.05) is 19.5 Å². The van der Waals surface area contributed by atoms with E-state index in [4.69, 9.17) is 0 Å². The third-order valence-corrected chi connectivity index (χ3v) is 1.74. The third kappa shape index (κ3) is 2.24. The number of nitrogens with zero attached hydrogens (tertiary/aromatic N) is 1. The van der Waals surface area contributed by atoms with Gasteiger partial charge in [-0.2, -0.15) is 0 Å². The average Bonchev–Trinajstić information content (AvgIpc) is 1.96. The van der Waals surface area contributed by atoms with Crippen LogP contribution in [0.25, 0.3) is 0 Å². The molecule has 2 heteroatoms. The predicted octanol–water partition coefficient (Wildman–Crippen LogP) is 2.19. The van der Waals surface area contributed by atoms with Crippen molar-refractivity contribution >= 4 is 5.69 Å². The molecule has 0 unspecified atom stereocenters. The number of nitrogens with one attached hydrogen (secondary N) is 1. The van der Waals surface area contributed by atoms with Crippen LogP contribution < -0.4 is 5.43 Å². The molecule has 12 heavy (non-hydrogen) atoms. The number of rotatable bonds is 2. The molecule has 66 valence electrons. The average molecular weight is 164 g/mol. The van der Waals surface area contributed by atoms with Crippen molar-refractivity contribution in [3.05, 3.63) is 29.3 Å². The molecule has 0 saturated carbocycles. The fourth-order valence-electron chi connectivity index (χ4n) is 1.10. The molecule has 0 aliphatic rings. The van der Waals surface area contributed by atoms with Gasteiger partial charge in [0.2, 0.25) is 0 Å². The van der Waals surface area contributed by atoms with Gasteiger partial charge in [-0.15, -0.1) is 0 Å². The van der Waals surface area contributed by atoms with Crippen LogP contribution in [0.3, 0.4) is 0 Å². The summed E-state index contributed by atoms with van der Waals surface area (Å²) in [6.45, 7) is 4.20. The van der Waals surface area contributed by atoms with E-state index in [0.717, 1.165) is 0 Å². The number of benzene rings is 1. The van der Waals surface area contributed by atoms with E-state index in [1.807, 2.05) is 19.1 Å². The molecule has 0 fully saturated rings. The van der Waals surface area contributed by atoms with E-state index in [1.54, 1.807) is 0 Å². The molecule has 0 atom stereocenters. The van der Waals surface area contributed by atoms with Gasteiger partial charge >= 0.3 is 0 Å². The highest BCUT2D eigenvalue weighted by molar-refractivity contribution is 5.51. The smallest absolute Gasteiger partial charge is 0.0521 e. The van der Waals surface area contributed by atoms with Gasteiger partial charge in [0, 0.05) is 14.1 Å². The van der Waals surface area contributed by atoms with Gasteiger partial charge in [0.1, 0.15) is 0 Å². The Morgan fingerprint density at radius 1 is 1.17 bits per heavy atom. The van der Waals surface area contributed by atoms with E-state index in [2.05, 4.69) is 37.5 Å². The largest absolute Gasteiger partial charge is 0.319 e. The van der Waals surface area contributed by atoms with E-state index in [1.165, 1.54) is 16.8 Å². The van der Waals surface area contributed by atoms with Crippen LogP contribution in [0.2, 0.25) is 0 Å². The Hall–Kier alpha value is -1.02. The van der Waals surface area contributed by atoms with Crippen LogP contribution in [0.5, 0.6) is 0 Å². The summed E-state index contributed by atoms with van der Waals surface area (Å²) in [6.07, 6.45) is 0. The van der Waals surface area contributed by atoms with Crippen LogP contribution in [0.15, 0.2) is 18.2 Å². The lowest BCUT2D eigenvalue weighted by atomic mass is 10.1. The summed E-state index contributed by atoms with van der Waals surface area (Å²) in [6, 6.07) is 6.40. The van der Waals surface area contributed by atoms with Gasteiger partial charge in [0.15, 0.2) is 0 Å². The minimum absolute atomic E-state index is 1.18. The van der Waals surface area contributed by atoms with Crippen molar-refractivity contribution in [1.82, 2.24) is 5.01 Å². The maximum Gasteiger partial charge on any atom is 0.0521 e. The van der Waals surface area contributed by atoms with E-state index in [-0.39, 0.29) is 0 Å². The van der Waals surface area contributed by atoms with Crippen molar-refractivity contribution in [3.63, 3.8) is 0 Å². The van der Waals surface area contributed by atoms with Crippen molar-refractivity contribution < 1.29 is 0 Å². The molecular formula is C10H16N2. The van der Waals surface area contributed by atoms with Gasteiger partial charge in [0.25, 0.3) is 0 Å². The van der Waals surface area contributed by atoms with Crippen molar-refractivity contribution in [3.8, 4) is 0 Å². The van der Waals surface area contributed by atoms with Crippen LogP contribution in [0, 0.1) is 13.8 Å². The third-order valence-electron chi connectivity index (χ3n) is 1.74. The minimum Gasteiger partial charge on any atom is -0.319 e. The maximum absolute atomic E-state index is 3.25. The first-order valence-corrected chi connectivity index (χ1v) is 4.11. The Labute approximate surface area is 74.2 Å². The predicted molar refractivity (Wildman–Crippen MR) is 53.2 cm³/mol. The van der Waals surface area contributed by atoms with Crippen LogP contribution in [0.4, 0.5) is 5.69 Å². The highest BCUT2D eigenvalue weighted by atomic mass is 15.5. The summed E-state index contributed by atoms with van der Waals surface area (Å²) in [5, 5.41) is 1.95. The van der Waals surface area contributed by atoms with Crippen molar-refractivity contribution in [1.29, 1.82) is 0 Å². The zero-order chi connectivity index (χ0) is 9.14. The quantitative estimate of drug-likeness (QED) is 0.674. The molecule has 0 bridgehead atoms. The highest BCUT2D eigenvalue weighted by Gasteiger charge is 1.97. The van der Waals surface area contributed by atoms with E-state index in [0.29, 0.717) is 0 Å². The molecule has 0 amide bonds. The second kappa shape index (κ2) is 3.59. The van der Waals surface area contributed by atoms with Gasteiger partial charge in [-0.3, -0.25) is 0 Å². The fraction of sp³-hybridized carbons (Fsp3) is 0.400. The zero-order valence-corrected chi connectivity index (χ0v) is 8.18. The van der Waals surface area contributed by atoms with Crippen LogP contribution in [-0.2, 0) is 0 Å². The Bertz CT molecular complexity index is 267. The van der Waals surface area contributed by atoms with Crippen LogP contribution >= 0.6 is 0 Å². The van der Waals surface area contributed by atoms with Crippen LogP contribution in [-0.4, -0.2) is 19.1 Å². The molecular weight excluding hydrogens is 148 g/mol. The van der Waals surface area contributed by atoms with Gasteiger partial charge in [-0.1, -0.05) is 12.1 Å². The Kier molecular flexibility index (Phi) is 2.71. The van der Waals surface area contributed by atoms with Gasteiger partial charge in [-0.25, -0.2) is 5.01 Å². The zero-order valence-electron chi connectivity index (χ0n) is 8.18. The molecule has 2 nitrogen and oxygen atoms in total. The SMILES string of the molecule is Cc1ccc(C)c(NN(C)C)c1. The first-order chi connectivity index (χ1) is 5.59. The molecule has 0 aromatic heterocycles. The Morgan fingerprint density at radius 2 is 1.83 bits per heavy atom. The molecule has 1 N–H and O–H groups in total. The molecule has 1 aromatic rings. The number of hydrazine groups is 1. The van der Waals surface area contributed by atoms with Gasteiger partial charge < -0.3 is 5.43 Å². The monoisotopic (exact) mass is 164 g/mol. The molecule has 0 heterocycles. The van der Waals surface area contributed by atoms with Gasteiger partial charge in [0.05, 0.1) is 5.69 Å². The topological polar surface area (TPSA) is 15.3 Å². The summed E-state index contributed by atoms with van der Waals surface area (Å²) in [5.41, 5.74) is 6.98. The highest BCUT2D eigenvalue weighted by Crippen LogP contribution is 2.15. The summed E-state index contributed by atoms with van der Waals surface area (Å²) in [4.78, 5) is 0. The van der Waals surface area contributed by atoms with E-state index < -0.39 is 0 Å². The standard InChI is InChI=1S/C10H16N2/c1-8-5-6-9(2)10(7-8)11-12(3)4/h5-7,11H,1-4H3. The summed E-state index contributed by atoms with van der Waals surface area (Å²) < 4.78 is 0. The number of aryl methyl sites for hydroxylation is 2. The van der Waals surface area contributed by atoms with E-state index in [9.17, 15) is 0 Å². The lowest BCUT2D eigenvalue weighted by molar-refractivity contribution is 0.495. The second-order valence-electron chi connectivity index (χ2n) is 3.32. The van der Waals surface area contributed by atoms with Crippen molar-refractivity contribution in [2.45, 2.75) is 13.8 Å². The molecule has 0 radical (unpaired) electrons. The lowest BCUT2D eigenvalue weighted by Crippen LogP contribution is -2.20. The fourth-order valence-corrected chi connectivity index (χ4v) is 1.10. The molecule has 0 aliphatic carbocycles. The summed E-state index contributed by atoms with van der Waals surface area (Å²) >= 11 is 0. The molecule has 1 aromatic carbocycles. The van der Waals surface area contributed by atoms with Crippen molar-refractivity contribution in [2.24, 2.45) is 0 Å². The molecule has 0 spiro atoms. The number of hydrogen-bond donors (Lipinski definition) is 1. The van der Waals surface area contributed by atoms with Crippen LogP contribution in [0.1, 0.15) is 11.1 Å². The summed E-state index contributed by atoms with van der Waals surface area (Å²) in [7, 11) is 3.98. The first kappa shape index (κ1) is 9.07. The Morgan fingerprint density at radius 3 is 2.42 bits per heavy atom. The van der Waals surface area contributed by atoms with Gasteiger partial charge in [-0.05, 0) is 31.0 Å². The lowest BCUT2D eigenvalue weighted by Gasteiger charge is -2.15. The molecule has 0 aliphatic heterocycles. The molecule has 0 saturated heterocycles.